The molecule has 1 heterocycles. The molecule has 1 N–H and O–H groups in total. The quantitative estimate of drug-likeness (QED) is 0.780. The van der Waals surface area contributed by atoms with Gasteiger partial charge in [0.15, 0.2) is 0 Å². The van der Waals surface area contributed by atoms with Crippen LogP contribution in [0.3, 0.4) is 0 Å². The predicted molar refractivity (Wildman–Crippen MR) is 87.9 cm³/mol. The Hall–Kier alpha value is -1.30. The van der Waals surface area contributed by atoms with Crippen LogP contribution >= 0.6 is 23.4 Å². The Kier molecular flexibility index (Phi) is 6.29. The van der Waals surface area contributed by atoms with Gasteiger partial charge in [0.05, 0.1) is 23.1 Å². The third-order valence-corrected chi connectivity index (χ3v) is 4.18. The maximum Gasteiger partial charge on any atom is 0.141 e. The minimum Gasteiger partial charge on any atom is -0.378 e. The summed E-state index contributed by atoms with van der Waals surface area (Å²) in [7, 11) is 1.66. The van der Waals surface area contributed by atoms with Crippen LogP contribution in [0.2, 0.25) is 5.02 Å². The Morgan fingerprint density at radius 2 is 2.10 bits per heavy atom. The minimum atomic E-state index is 0.477. The summed E-state index contributed by atoms with van der Waals surface area (Å²) in [4.78, 5) is 10.1. The van der Waals surface area contributed by atoms with Crippen molar-refractivity contribution in [2.24, 2.45) is 0 Å². The third-order valence-electron chi connectivity index (χ3n) is 2.67. The summed E-state index contributed by atoms with van der Waals surface area (Å²) in [5, 5.41) is 3.97. The van der Waals surface area contributed by atoms with Crippen molar-refractivity contribution in [2.45, 2.75) is 24.2 Å². The molecule has 1 aromatic heterocycles. The number of methoxy groups -OCH3 is 1. The lowest BCUT2D eigenvalue weighted by Gasteiger charge is -2.09. The molecule has 21 heavy (non-hydrogen) atoms. The second-order valence-electron chi connectivity index (χ2n) is 4.34. The van der Waals surface area contributed by atoms with Crippen molar-refractivity contribution in [1.82, 2.24) is 9.97 Å². The number of nitrogens with one attached hydrogen (secondary N) is 1. The van der Waals surface area contributed by atoms with Crippen LogP contribution in [0.15, 0.2) is 35.2 Å². The van der Waals surface area contributed by atoms with Crippen molar-refractivity contribution in [1.29, 1.82) is 0 Å². The van der Waals surface area contributed by atoms with Gasteiger partial charge < -0.3 is 10.1 Å². The molecule has 0 saturated heterocycles. The van der Waals surface area contributed by atoms with E-state index in [2.05, 4.69) is 15.3 Å². The van der Waals surface area contributed by atoms with Crippen molar-refractivity contribution in [2.75, 3.05) is 19.0 Å². The molecule has 0 atom stereocenters. The summed E-state index contributed by atoms with van der Waals surface area (Å²) < 4.78 is 5.15. The highest BCUT2D eigenvalue weighted by molar-refractivity contribution is 7.98. The largest absolute Gasteiger partial charge is 0.378 e. The van der Waals surface area contributed by atoms with Gasteiger partial charge in [-0.15, -0.1) is 11.8 Å². The second kappa shape index (κ2) is 8.22. The molecule has 2 rings (SSSR count). The van der Waals surface area contributed by atoms with Crippen molar-refractivity contribution >= 4 is 29.2 Å². The highest BCUT2D eigenvalue weighted by Gasteiger charge is 2.07. The average Bonchev–Trinajstić information content (AvgIpc) is 2.47. The monoisotopic (exact) mass is 323 g/mol. The first kappa shape index (κ1) is 16.1. The first-order chi connectivity index (χ1) is 10.2. The normalized spacial score (nSPS) is 10.6. The maximum absolute atomic E-state index is 6.16. The molecule has 0 aliphatic carbocycles. The van der Waals surface area contributed by atoms with E-state index >= 15 is 0 Å². The number of hydrogen-bond acceptors (Lipinski definition) is 5. The Bertz CT molecular complexity index is 571. The van der Waals surface area contributed by atoms with Gasteiger partial charge in [0.1, 0.15) is 11.6 Å². The van der Waals surface area contributed by atoms with E-state index in [1.165, 1.54) is 0 Å². The van der Waals surface area contributed by atoms with Gasteiger partial charge in [-0.1, -0.05) is 23.7 Å². The Labute approximate surface area is 134 Å². The zero-order valence-electron chi connectivity index (χ0n) is 12.1. The van der Waals surface area contributed by atoms with Crippen LogP contribution in [0.4, 0.5) is 5.82 Å². The summed E-state index contributed by atoms with van der Waals surface area (Å²) in [5.41, 5.74) is 0.873. The van der Waals surface area contributed by atoms with Gasteiger partial charge in [-0.05, 0) is 19.1 Å². The van der Waals surface area contributed by atoms with Gasteiger partial charge in [0.2, 0.25) is 0 Å². The van der Waals surface area contributed by atoms with E-state index in [1.807, 2.05) is 37.3 Å². The number of hydrogen-bond donors (Lipinski definition) is 1. The van der Waals surface area contributed by atoms with E-state index in [9.17, 15) is 0 Å². The summed E-state index contributed by atoms with van der Waals surface area (Å²) in [6.07, 6.45) is 0. The van der Waals surface area contributed by atoms with Crippen molar-refractivity contribution in [3.8, 4) is 0 Å². The fourth-order valence-corrected chi connectivity index (χ4v) is 2.91. The van der Waals surface area contributed by atoms with Gasteiger partial charge in [-0.25, -0.2) is 9.97 Å². The smallest absolute Gasteiger partial charge is 0.141 e. The van der Waals surface area contributed by atoms with Gasteiger partial charge >= 0.3 is 0 Å². The van der Waals surface area contributed by atoms with Crippen LogP contribution in [0.5, 0.6) is 0 Å². The van der Waals surface area contributed by atoms with E-state index in [-0.39, 0.29) is 0 Å². The summed E-state index contributed by atoms with van der Waals surface area (Å²) in [6.45, 7) is 3.33. The fourth-order valence-electron chi connectivity index (χ4n) is 1.81. The van der Waals surface area contributed by atoms with Gasteiger partial charge in [0.25, 0.3) is 0 Å². The Morgan fingerprint density at radius 3 is 2.81 bits per heavy atom. The van der Waals surface area contributed by atoms with Gasteiger partial charge in [0, 0.05) is 24.6 Å². The molecule has 0 aliphatic heterocycles. The van der Waals surface area contributed by atoms with E-state index in [1.54, 1.807) is 18.9 Å². The predicted octanol–water partition coefficient (Wildman–Crippen LogP) is 4.00. The van der Waals surface area contributed by atoms with Crippen LogP contribution in [-0.2, 0) is 17.1 Å². The molecule has 0 bridgehead atoms. The molecule has 0 amide bonds. The molecule has 4 nitrogen and oxygen atoms in total. The summed E-state index contributed by atoms with van der Waals surface area (Å²) in [6, 6.07) is 9.69. The standard InChI is InChI=1S/C15H18ClN3OS/c1-3-17-14-8-11(9-20-2)18-15(19-14)10-21-13-7-5-4-6-12(13)16/h4-8H,3,9-10H2,1-2H3,(H,17,18,19). The number of rotatable bonds is 7. The molecule has 6 heteroatoms. The van der Waals surface area contributed by atoms with E-state index in [0.29, 0.717) is 12.4 Å². The molecule has 0 radical (unpaired) electrons. The highest BCUT2D eigenvalue weighted by Crippen LogP contribution is 2.28. The van der Waals surface area contributed by atoms with Gasteiger partial charge in [-0.3, -0.25) is 0 Å². The number of thioether (sulfide) groups is 1. The molecule has 0 spiro atoms. The molecule has 0 unspecified atom stereocenters. The van der Waals surface area contributed by atoms with Crippen molar-refractivity contribution in [3.05, 3.63) is 46.9 Å². The number of aromatic nitrogens is 2. The number of ether oxygens (including phenoxy) is 1. The molecule has 1 aromatic carbocycles. The van der Waals surface area contributed by atoms with E-state index in [0.717, 1.165) is 33.8 Å². The van der Waals surface area contributed by atoms with Gasteiger partial charge in [-0.2, -0.15) is 0 Å². The molecular formula is C15H18ClN3OS. The zero-order valence-corrected chi connectivity index (χ0v) is 13.7. The molecule has 0 saturated carbocycles. The third kappa shape index (κ3) is 4.88. The topological polar surface area (TPSA) is 47.0 Å². The van der Waals surface area contributed by atoms with Crippen LogP contribution in [-0.4, -0.2) is 23.6 Å². The number of nitrogens with zero attached hydrogens (tertiary/aromatic N) is 2. The lowest BCUT2D eigenvalue weighted by Crippen LogP contribution is -2.06. The lowest BCUT2D eigenvalue weighted by atomic mass is 10.4. The first-order valence-corrected chi connectivity index (χ1v) is 8.06. The molecule has 112 valence electrons. The summed E-state index contributed by atoms with van der Waals surface area (Å²) in [5.74, 6) is 2.26. The zero-order chi connectivity index (χ0) is 15.1. The van der Waals surface area contributed by atoms with E-state index in [4.69, 9.17) is 16.3 Å². The highest BCUT2D eigenvalue weighted by atomic mass is 35.5. The SMILES string of the molecule is CCNc1cc(COC)nc(CSc2ccccc2Cl)n1. The minimum absolute atomic E-state index is 0.477. The fraction of sp³-hybridized carbons (Fsp3) is 0.333. The Balaban J connectivity index is 2.13. The molecule has 0 aliphatic rings. The molecule has 0 fully saturated rings. The van der Waals surface area contributed by atoms with Crippen LogP contribution in [0, 0.1) is 0 Å². The van der Waals surface area contributed by atoms with Crippen molar-refractivity contribution in [3.63, 3.8) is 0 Å². The molecule has 2 aromatic rings. The number of anilines is 1. The lowest BCUT2D eigenvalue weighted by molar-refractivity contribution is 0.181. The second-order valence-corrected chi connectivity index (χ2v) is 5.77. The molecular weight excluding hydrogens is 306 g/mol. The number of benzene rings is 1. The maximum atomic E-state index is 6.16. The van der Waals surface area contributed by atoms with Crippen LogP contribution in [0.25, 0.3) is 0 Å². The average molecular weight is 324 g/mol. The Morgan fingerprint density at radius 1 is 1.29 bits per heavy atom. The van der Waals surface area contributed by atoms with Crippen molar-refractivity contribution < 1.29 is 4.74 Å². The van der Waals surface area contributed by atoms with E-state index < -0.39 is 0 Å². The van der Waals surface area contributed by atoms with Crippen LogP contribution in [0.1, 0.15) is 18.4 Å². The summed E-state index contributed by atoms with van der Waals surface area (Å²) >= 11 is 7.79. The first-order valence-electron chi connectivity index (χ1n) is 6.70. The van der Waals surface area contributed by atoms with Crippen LogP contribution < -0.4 is 5.32 Å². The number of halogens is 1.